The fraction of sp³-hybridized carbons (Fsp3) is 0.458. The number of benzene rings is 2. The van der Waals surface area contributed by atoms with E-state index < -0.39 is 0 Å². The van der Waals surface area contributed by atoms with Crippen molar-refractivity contribution in [2.24, 2.45) is 0 Å². The molecule has 5 nitrogen and oxygen atoms in total. The first-order valence-corrected chi connectivity index (χ1v) is 10.7. The predicted molar refractivity (Wildman–Crippen MR) is 127 cm³/mol. The second-order valence-corrected chi connectivity index (χ2v) is 8.31. The Morgan fingerprint density at radius 1 is 1.03 bits per heavy atom. The van der Waals surface area contributed by atoms with E-state index in [9.17, 15) is 5.26 Å². The number of nitrogens with zero attached hydrogens (tertiary/aromatic N) is 4. The average molecular weight is 426 g/mol. The number of halogens is 1. The fourth-order valence-electron chi connectivity index (χ4n) is 4.56. The molecule has 2 aromatic carbocycles. The van der Waals surface area contributed by atoms with Crippen LogP contribution in [-0.2, 0) is 6.54 Å². The minimum Gasteiger partial charge on any atom is -0.368 e. The van der Waals surface area contributed by atoms with Crippen molar-refractivity contribution in [1.29, 1.82) is 5.26 Å². The molecule has 1 N–H and O–H groups in total. The summed E-state index contributed by atoms with van der Waals surface area (Å²) in [5.74, 6) is 0. The van der Waals surface area contributed by atoms with Gasteiger partial charge >= 0.3 is 0 Å². The van der Waals surface area contributed by atoms with Crippen molar-refractivity contribution < 1.29 is 0 Å². The summed E-state index contributed by atoms with van der Waals surface area (Å²) in [5.41, 5.74) is 4.39. The molecule has 0 saturated carbocycles. The summed E-state index contributed by atoms with van der Waals surface area (Å²) < 4.78 is 0. The van der Waals surface area contributed by atoms with Crippen LogP contribution in [0.4, 0.5) is 11.4 Å². The SMILES string of the molecule is C[C@@H]1CN(c2ccc(N3CCNC[C@@H]3C)cc2C#N)CCN1Cc1ccccc1.Cl. The molecular weight excluding hydrogens is 394 g/mol. The third-order valence-corrected chi connectivity index (χ3v) is 6.27. The largest absolute Gasteiger partial charge is 0.368 e. The van der Waals surface area contributed by atoms with Gasteiger partial charge in [0.2, 0.25) is 0 Å². The highest BCUT2D eigenvalue weighted by atomic mass is 35.5. The van der Waals surface area contributed by atoms with Crippen molar-refractivity contribution in [2.45, 2.75) is 32.5 Å². The quantitative estimate of drug-likeness (QED) is 0.812. The topological polar surface area (TPSA) is 45.5 Å². The van der Waals surface area contributed by atoms with Crippen molar-refractivity contribution >= 4 is 23.8 Å². The summed E-state index contributed by atoms with van der Waals surface area (Å²) in [4.78, 5) is 7.33. The second-order valence-electron chi connectivity index (χ2n) is 8.31. The number of nitrogens with one attached hydrogen (secondary N) is 1. The molecule has 0 bridgehead atoms. The van der Waals surface area contributed by atoms with Gasteiger partial charge in [-0.15, -0.1) is 12.4 Å². The second kappa shape index (κ2) is 10.2. The first kappa shape index (κ1) is 22.4. The first-order chi connectivity index (χ1) is 14.2. The zero-order chi connectivity index (χ0) is 20.2. The van der Waals surface area contributed by atoms with E-state index in [1.54, 1.807) is 0 Å². The Morgan fingerprint density at radius 3 is 2.53 bits per heavy atom. The van der Waals surface area contributed by atoms with E-state index in [1.807, 2.05) is 0 Å². The normalized spacial score (nSPS) is 22.3. The number of rotatable bonds is 4. The summed E-state index contributed by atoms with van der Waals surface area (Å²) in [7, 11) is 0. The van der Waals surface area contributed by atoms with Crippen LogP contribution < -0.4 is 15.1 Å². The van der Waals surface area contributed by atoms with Crippen LogP contribution in [0.3, 0.4) is 0 Å². The van der Waals surface area contributed by atoms with Crippen LogP contribution >= 0.6 is 12.4 Å². The third kappa shape index (κ3) is 4.89. The van der Waals surface area contributed by atoms with E-state index >= 15 is 0 Å². The van der Waals surface area contributed by atoms with Gasteiger partial charge in [0.25, 0.3) is 0 Å². The van der Waals surface area contributed by atoms with E-state index in [0.29, 0.717) is 12.1 Å². The Balaban J connectivity index is 0.00000256. The van der Waals surface area contributed by atoms with Gasteiger partial charge in [-0.25, -0.2) is 0 Å². The minimum absolute atomic E-state index is 0. The molecule has 0 radical (unpaired) electrons. The van der Waals surface area contributed by atoms with Crippen LogP contribution in [0.5, 0.6) is 0 Å². The smallest absolute Gasteiger partial charge is 0.101 e. The van der Waals surface area contributed by atoms with Gasteiger partial charge in [0.1, 0.15) is 6.07 Å². The summed E-state index contributed by atoms with van der Waals surface area (Å²) in [6.07, 6.45) is 0. The van der Waals surface area contributed by atoms with E-state index in [2.05, 4.69) is 88.5 Å². The highest BCUT2D eigenvalue weighted by molar-refractivity contribution is 5.85. The van der Waals surface area contributed by atoms with Crippen LogP contribution in [0, 0.1) is 11.3 Å². The van der Waals surface area contributed by atoms with Gasteiger partial charge in [-0.2, -0.15) is 5.26 Å². The summed E-state index contributed by atoms with van der Waals surface area (Å²) >= 11 is 0. The molecule has 0 amide bonds. The number of hydrogen-bond donors (Lipinski definition) is 1. The molecule has 2 heterocycles. The molecule has 2 fully saturated rings. The Morgan fingerprint density at radius 2 is 1.83 bits per heavy atom. The lowest BCUT2D eigenvalue weighted by Gasteiger charge is -2.41. The van der Waals surface area contributed by atoms with Gasteiger partial charge in [0, 0.05) is 63.6 Å². The molecule has 4 rings (SSSR count). The molecule has 160 valence electrons. The Hall–Kier alpha value is -2.26. The van der Waals surface area contributed by atoms with E-state index in [1.165, 1.54) is 5.56 Å². The van der Waals surface area contributed by atoms with Crippen molar-refractivity contribution in [3.05, 3.63) is 59.7 Å². The van der Waals surface area contributed by atoms with Gasteiger partial charge in [-0.1, -0.05) is 30.3 Å². The molecule has 2 aliphatic heterocycles. The summed E-state index contributed by atoms with van der Waals surface area (Å²) in [5, 5.41) is 13.3. The molecule has 2 saturated heterocycles. The molecule has 0 aromatic heterocycles. The predicted octanol–water partition coefficient (Wildman–Crippen LogP) is 3.49. The van der Waals surface area contributed by atoms with Crippen molar-refractivity contribution in [1.82, 2.24) is 10.2 Å². The van der Waals surface area contributed by atoms with E-state index in [-0.39, 0.29) is 12.4 Å². The van der Waals surface area contributed by atoms with E-state index in [4.69, 9.17) is 0 Å². The first-order valence-electron chi connectivity index (χ1n) is 10.7. The maximum atomic E-state index is 9.83. The van der Waals surface area contributed by atoms with Crippen LogP contribution in [-0.4, -0.2) is 56.3 Å². The maximum Gasteiger partial charge on any atom is 0.101 e. The lowest BCUT2D eigenvalue weighted by atomic mass is 10.1. The minimum atomic E-state index is 0. The number of anilines is 2. The number of piperazine rings is 2. The molecule has 6 heteroatoms. The van der Waals surface area contributed by atoms with E-state index in [0.717, 1.165) is 62.8 Å². The molecule has 0 unspecified atom stereocenters. The summed E-state index contributed by atoms with van der Waals surface area (Å²) in [6.45, 7) is 11.4. The van der Waals surface area contributed by atoms with Gasteiger partial charge in [-0.3, -0.25) is 4.90 Å². The lowest BCUT2D eigenvalue weighted by molar-refractivity contribution is 0.181. The van der Waals surface area contributed by atoms with Gasteiger partial charge in [0.15, 0.2) is 0 Å². The number of nitriles is 1. The lowest BCUT2D eigenvalue weighted by Crippen LogP contribution is -2.51. The van der Waals surface area contributed by atoms with Crippen LogP contribution in [0.1, 0.15) is 25.0 Å². The Labute approximate surface area is 186 Å². The van der Waals surface area contributed by atoms with Crippen molar-refractivity contribution in [2.75, 3.05) is 49.1 Å². The van der Waals surface area contributed by atoms with Gasteiger partial charge in [0.05, 0.1) is 11.3 Å². The van der Waals surface area contributed by atoms with Gasteiger partial charge < -0.3 is 15.1 Å². The molecule has 30 heavy (non-hydrogen) atoms. The molecule has 0 spiro atoms. The fourth-order valence-corrected chi connectivity index (χ4v) is 4.56. The molecule has 0 aliphatic carbocycles. The average Bonchev–Trinajstić information content (AvgIpc) is 2.76. The van der Waals surface area contributed by atoms with Crippen molar-refractivity contribution in [3.8, 4) is 6.07 Å². The molecular formula is C24H32ClN5. The van der Waals surface area contributed by atoms with Crippen LogP contribution in [0.2, 0.25) is 0 Å². The maximum absolute atomic E-state index is 9.83. The molecule has 2 aromatic rings. The molecule has 2 aliphatic rings. The summed E-state index contributed by atoms with van der Waals surface area (Å²) in [6, 6.07) is 20.5. The monoisotopic (exact) mass is 425 g/mol. The zero-order valence-electron chi connectivity index (χ0n) is 17.9. The standard InChI is InChI=1S/C24H31N5.ClH/c1-19-16-26-10-11-29(19)23-8-9-24(22(14-23)15-25)28-13-12-27(20(2)17-28)18-21-6-4-3-5-7-21;/h3-9,14,19-20,26H,10-13,16-18H2,1-2H3;1H/t19-,20+;/m0./s1. The number of hydrogen-bond acceptors (Lipinski definition) is 5. The third-order valence-electron chi connectivity index (χ3n) is 6.27. The zero-order valence-corrected chi connectivity index (χ0v) is 18.7. The van der Waals surface area contributed by atoms with Crippen LogP contribution in [0.15, 0.2) is 48.5 Å². The highest BCUT2D eigenvalue weighted by Gasteiger charge is 2.26. The van der Waals surface area contributed by atoms with Gasteiger partial charge in [-0.05, 0) is 37.6 Å². The van der Waals surface area contributed by atoms with Crippen LogP contribution in [0.25, 0.3) is 0 Å². The van der Waals surface area contributed by atoms with Crippen molar-refractivity contribution in [3.63, 3.8) is 0 Å². The highest BCUT2D eigenvalue weighted by Crippen LogP contribution is 2.29. The molecule has 2 atom stereocenters. The Kier molecular flexibility index (Phi) is 7.60. The Bertz CT molecular complexity index is 866.